The van der Waals surface area contributed by atoms with Gasteiger partial charge in [0, 0.05) is 12.2 Å². The number of amides is 1. The van der Waals surface area contributed by atoms with Gasteiger partial charge < -0.3 is 4.90 Å². The van der Waals surface area contributed by atoms with E-state index < -0.39 is 0 Å². The summed E-state index contributed by atoms with van der Waals surface area (Å²) < 4.78 is 3.23. The van der Waals surface area contributed by atoms with Crippen LogP contribution in [0.1, 0.15) is 12.5 Å². The number of thioether (sulfide) groups is 1. The minimum atomic E-state index is 0.0697. The van der Waals surface area contributed by atoms with E-state index in [2.05, 4.69) is 27.7 Å². The lowest BCUT2D eigenvalue weighted by atomic mass is 10.2. The molecule has 1 aromatic carbocycles. The fourth-order valence-corrected chi connectivity index (χ4v) is 4.66. The molecule has 3 heterocycles. The number of carbonyl (C=O) groups is 1. The first-order chi connectivity index (χ1) is 12.7. The zero-order chi connectivity index (χ0) is 18.1. The summed E-state index contributed by atoms with van der Waals surface area (Å²) in [5.41, 5.74) is 4.21. The molecule has 3 aromatic heterocycles. The second-order valence-electron chi connectivity index (χ2n) is 5.97. The standard InChI is InChI=1S/C19H18N4OS2/c1-3-22(14-6-4-5-13(2)9-14)18(24)11-26-19-16-10-17-15(7-8-25-17)23(16)12-20-21-19/h4-10,12H,3,11H2,1-2H3. The molecule has 7 heteroatoms. The third-order valence-corrected chi connectivity index (χ3v) is 6.07. The van der Waals surface area contributed by atoms with Crippen molar-refractivity contribution in [1.82, 2.24) is 14.6 Å². The summed E-state index contributed by atoms with van der Waals surface area (Å²) in [6.07, 6.45) is 1.72. The lowest BCUT2D eigenvalue weighted by Gasteiger charge is -2.21. The Kier molecular flexibility index (Phi) is 4.65. The fraction of sp³-hybridized carbons (Fsp3) is 0.211. The van der Waals surface area contributed by atoms with Gasteiger partial charge in [0.2, 0.25) is 5.91 Å². The average molecular weight is 383 g/mol. The maximum atomic E-state index is 12.8. The zero-order valence-corrected chi connectivity index (χ0v) is 16.2. The third-order valence-electron chi connectivity index (χ3n) is 4.26. The summed E-state index contributed by atoms with van der Waals surface area (Å²) in [4.78, 5) is 14.6. The molecular formula is C19H18N4OS2. The van der Waals surface area contributed by atoms with Gasteiger partial charge in [-0.05, 0) is 49.1 Å². The number of aryl methyl sites for hydroxylation is 1. The monoisotopic (exact) mass is 382 g/mol. The number of carbonyl (C=O) groups excluding carboxylic acids is 1. The maximum Gasteiger partial charge on any atom is 0.237 e. The minimum Gasteiger partial charge on any atom is -0.312 e. The number of rotatable bonds is 5. The van der Waals surface area contributed by atoms with Crippen molar-refractivity contribution in [1.29, 1.82) is 0 Å². The molecule has 4 aromatic rings. The smallest absolute Gasteiger partial charge is 0.237 e. The van der Waals surface area contributed by atoms with Crippen LogP contribution in [0.2, 0.25) is 0 Å². The first-order valence-electron chi connectivity index (χ1n) is 8.37. The third kappa shape index (κ3) is 3.08. The van der Waals surface area contributed by atoms with Gasteiger partial charge >= 0.3 is 0 Å². The van der Waals surface area contributed by atoms with E-state index in [-0.39, 0.29) is 5.91 Å². The van der Waals surface area contributed by atoms with Crippen LogP contribution in [0.3, 0.4) is 0 Å². The molecule has 0 aliphatic carbocycles. The Hall–Kier alpha value is -2.38. The molecule has 4 rings (SSSR count). The van der Waals surface area contributed by atoms with Gasteiger partial charge in [0.25, 0.3) is 0 Å². The Balaban J connectivity index is 1.56. The second kappa shape index (κ2) is 7.09. The van der Waals surface area contributed by atoms with Crippen LogP contribution in [0.5, 0.6) is 0 Å². The number of anilines is 1. The van der Waals surface area contributed by atoms with E-state index in [9.17, 15) is 4.79 Å². The van der Waals surface area contributed by atoms with Crippen LogP contribution in [0.4, 0.5) is 5.69 Å². The van der Waals surface area contributed by atoms with Crippen molar-refractivity contribution in [3.8, 4) is 0 Å². The van der Waals surface area contributed by atoms with Crippen LogP contribution in [0, 0.1) is 6.92 Å². The first kappa shape index (κ1) is 17.1. The average Bonchev–Trinajstić information content (AvgIpc) is 3.22. The Morgan fingerprint density at radius 3 is 2.96 bits per heavy atom. The van der Waals surface area contributed by atoms with Crippen LogP contribution in [0.25, 0.3) is 15.7 Å². The van der Waals surface area contributed by atoms with Gasteiger partial charge in [-0.2, -0.15) is 0 Å². The number of hydrogen-bond donors (Lipinski definition) is 0. The Labute approximate surface area is 159 Å². The normalized spacial score (nSPS) is 11.3. The van der Waals surface area contributed by atoms with E-state index in [0.717, 1.165) is 27.3 Å². The van der Waals surface area contributed by atoms with E-state index in [1.165, 1.54) is 16.5 Å². The zero-order valence-electron chi connectivity index (χ0n) is 14.5. The molecule has 0 saturated heterocycles. The van der Waals surface area contributed by atoms with Crippen LogP contribution in [0.15, 0.2) is 53.1 Å². The van der Waals surface area contributed by atoms with E-state index in [0.29, 0.717) is 12.3 Å². The van der Waals surface area contributed by atoms with Gasteiger partial charge in [-0.1, -0.05) is 23.9 Å². The number of nitrogens with zero attached hydrogens (tertiary/aromatic N) is 4. The van der Waals surface area contributed by atoms with E-state index in [4.69, 9.17) is 0 Å². The highest BCUT2D eigenvalue weighted by Gasteiger charge is 2.17. The van der Waals surface area contributed by atoms with Gasteiger partial charge in [-0.15, -0.1) is 21.5 Å². The van der Waals surface area contributed by atoms with Crippen molar-refractivity contribution in [2.45, 2.75) is 18.9 Å². The molecule has 0 bridgehead atoms. The van der Waals surface area contributed by atoms with Crippen LogP contribution < -0.4 is 4.90 Å². The van der Waals surface area contributed by atoms with Crippen molar-refractivity contribution in [3.63, 3.8) is 0 Å². The molecule has 0 saturated carbocycles. The molecule has 0 atom stereocenters. The summed E-state index contributed by atoms with van der Waals surface area (Å²) in [6.45, 7) is 4.66. The molecule has 1 amide bonds. The van der Waals surface area contributed by atoms with Gasteiger partial charge in [0.05, 0.1) is 21.5 Å². The molecule has 132 valence electrons. The molecule has 0 unspecified atom stereocenters. The SMILES string of the molecule is CCN(C(=O)CSc1nncn2c1cc1sccc12)c1cccc(C)c1. The molecule has 0 radical (unpaired) electrons. The van der Waals surface area contributed by atoms with E-state index in [1.807, 2.05) is 47.4 Å². The summed E-state index contributed by atoms with van der Waals surface area (Å²) in [5, 5.41) is 11.2. The summed E-state index contributed by atoms with van der Waals surface area (Å²) in [6, 6.07) is 12.2. The molecule has 5 nitrogen and oxygen atoms in total. The quantitative estimate of drug-likeness (QED) is 0.480. The number of aromatic nitrogens is 3. The van der Waals surface area contributed by atoms with Gasteiger partial charge in [-0.25, -0.2) is 0 Å². The number of benzene rings is 1. The predicted molar refractivity (Wildman–Crippen MR) is 108 cm³/mol. The Bertz CT molecular complexity index is 1090. The first-order valence-corrected chi connectivity index (χ1v) is 10.2. The van der Waals surface area contributed by atoms with Crippen molar-refractivity contribution in [2.24, 2.45) is 0 Å². The number of hydrogen-bond acceptors (Lipinski definition) is 5. The highest BCUT2D eigenvalue weighted by Crippen LogP contribution is 2.30. The lowest BCUT2D eigenvalue weighted by molar-refractivity contribution is -0.116. The van der Waals surface area contributed by atoms with Crippen molar-refractivity contribution < 1.29 is 4.79 Å². The predicted octanol–water partition coefficient (Wildman–Crippen LogP) is 4.40. The fourth-order valence-electron chi connectivity index (χ4n) is 3.02. The largest absolute Gasteiger partial charge is 0.312 e. The lowest BCUT2D eigenvalue weighted by Crippen LogP contribution is -2.32. The number of fused-ring (bicyclic) bond motifs is 3. The van der Waals surface area contributed by atoms with Gasteiger partial charge in [0.15, 0.2) is 0 Å². The number of thiophene rings is 1. The van der Waals surface area contributed by atoms with Crippen LogP contribution >= 0.6 is 23.1 Å². The Morgan fingerprint density at radius 2 is 2.15 bits per heavy atom. The van der Waals surface area contributed by atoms with Crippen LogP contribution in [-0.4, -0.2) is 32.8 Å². The summed E-state index contributed by atoms with van der Waals surface area (Å²) in [5.74, 6) is 0.398. The molecule has 0 fully saturated rings. The molecule has 0 aliphatic rings. The van der Waals surface area contributed by atoms with Crippen molar-refractivity contribution in [2.75, 3.05) is 17.2 Å². The second-order valence-corrected chi connectivity index (χ2v) is 7.88. The highest BCUT2D eigenvalue weighted by molar-refractivity contribution is 8.00. The highest BCUT2D eigenvalue weighted by atomic mass is 32.2. The molecule has 0 aliphatic heterocycles. The molecule has 0 spiro atoms. The topological polar surface area (TPSA) is 50.5 Å². The summed E-state index contributed by atoms with van der Waals surface area (Å²) >= 11 is 3.13. The van der Waals surface area contributed by atoms with E-state index in [1.54, 1.807) is 17.7 Å². The van der Waals surface area contributed by atoms with Crippen molar-refractivity contribution >= 4 is 50.4 Å². The van der Waals surface area contributed by atoms with Gasteiger partial charge in [-0.3, -0.25) is 9.20 Å². The van der Waals surface area contributed by atoms with Crippen LogP contribution in [-0.2, 0) is 4.79 Å². The van der Waals surface area contributed by atoms with E-state index >= 15 is 0 Å². The van der Waals surface area contributed by atoms with Gasteiger partial charge in [0.1, 0.15) is 11.4 Å². The summed E-state index contributed by atoms with van der Waals surface area (Å²) in [7, 11) is 0. The molecular weight excluding hydrogens is 364 g/mol. The Morgan fingerprint density at radius 1 is 1.27 bits per heavy atom. The minimum absolute atomic E-state index is 0.0697. The van der Waals surface area contributed by atoms with Crippen molar-refractivity contribution in [3.05, 3.63) is 53.7 Å². The molecule has 26 heavy (non-hydrogen) atoms. The molecule has 0 N–H and O–H groups in total. The maximum absolute atomic E-state index is 12.8.